The fraction of sp³-hybridized carbons (Fsp3) is 0.778. The lowest BCUT2D eigenvalue weighted by molar-refractivity contribution is -0.153. The van der Waals surface area contributed by atoms with E-state index in [1.165, 1.54) is 13.8 Å². The third-order valence-electron chi connectivity index (χ3n) is 2.37. The molecule has 0 fully saturated rings. The van der Waals surface area contributed by atoms with E-state index in [9.17, 15) is 18.7 Å². The van der Waals surface area contributed by atoms with E-state index in [1.807, 2.05) is 0 Å². The molecule has 8 N–H and O–H groups in total. The third kappa shape index (κ3) is 10.0. The highest BCUT2D eigenvalue weighted by Gasteiger charge is 2.42. The van der Waals surface area contributed by atoms with E-state index in [0.717, 1.165) is 0 Å². The van der Waals surface area contributed by atoms with Gasteiger partial charge in [-0.1, -0.05) is 0 Å². The minimum atomic E-state index is -4.76. The largest absolute Gasteiger partial charge is 0.481 e. The van der Waals surface area contributed by atoms with Crippen LogP contribution in [0.15, 0.2) is 0 Å². The third-order valence-corrected chi connectivity index (χ3v) is 6.25. The van der Waals surface area contributed by atoms with Gasteiger partial charge >= 0.3 is 27.1 Å². The SMILES string of the molecule is CC(C)(CC(=O)O)C(=O)O.NCCC(P(=O)(O)O)P(=O)(O)O. The number of hydrogen-bond donors (Lipinski definition) is 7. The van der Waals surface area contributed by atoms with Gasteiger partial charge in [0, 0.05) is 0 Å². The molecular weight excluding hydrogens is 344 g/mol. The van der Waals surface area contributed by atoms with Gasteiger partial charge in [-0.2, -0.15) is 0 Å². The summed E-state index contributed by atoms with van der Waals surface area (Å²) in [4.78, 5) is 54.4. The van der Waals surface area contributed by atoms with Gasteiger partial charge in [-0.15, -0.1) is 0 Å². The molecular formula is C9H21NO10P2. The van der Waals surface area contributed by atoms with Crippen molar-refractivity contribution < 1.29 is 48.5 Å². The van der Waals surface area contributed by atoms with Crippen molar-refractivity contribution >= 4 is 27.1 Å². The predicted molar refractivity (Wildman–Crippen MR) is 75.2 cm³/mol. The van der Waals surface area contributed by atoms with Gasteiger partial charge in [-0.05, 0) is 26.8 Å². The molecule has 13 heteroatoms. The summed E-state index contributed by atoms with van der Waals surface area (Å²) in [6, 6.07) is 0. The first kappa shape index (κ1) is 23.5. The van der Waals surface area contributed by atoms with Crippen molar-refractivity contribution in [1.82, 2.24) is 0 Å². The number of nitrogens with two attached hydrogens (primary N) is 1. The minimum absolute atomic E-state index is 0.180. The van der Waals surface area contributed by atoms with E-state index in [2.05, 4.69) is 0 Å². The monoisotopic (exact) mass is 365 g/mol. The lowest BCUT2D eigenvalue weighted by Gasteiger charge is -2.18. The molecule has 0 aliphatic rings. The topological polar surface area (TPSA) is 216 Å². The second-order valence-corrected chi connectivity index (χ2v) is 9.01. The zero-order valence-corrected chi connectivity index (χ0v) is 13.8. The van der Waals surface area contributed by atoms with Crippen LogP contribution in [0, 0.1) is 5.41 Å². The summed E-state index contributed by atoms with van der Waals surface area (Å²) >= 11 is 0. The first-order valence-electron chi connectivity index (χ1n) is 5.81. The van der Waals surface area contributed by atoms with Crippen LogP contribution in [-0.4, -0.2) is 53.7 Å². The first-order chi connectivity index (χ1) is 9.55. The van der Waals surface area contributed by atoms with E-state index in [-0.39, 0.29) is 13.0 Å². The Bertz CT molecular complexity index is 457. The molecule has 11 nitrogen and oxygen atoms in total. The Morgan fingerprint density at radius 2 is 1.41 bits per heavy atom. The van der Waals surface area contributed by atoms with Crippen LogP contribution in [0.2, 0.25) is 0 Å². The number of hydrogen-bond acceptors (Lipinski definition) is 5. The van der Waals surface area contributed by atoms with Crippen molar-refractivity contribution in [3.63, 3.8) is 0 Å². The average molecular weight is 365 g/mol. The first-order valence-corrected chi connectivity index (χ1v) is 9.17. The van der Waals surface area contributed by atoms with Crippen LogP contribution in [0.25, 0.3) is 0 Å². The number of carbonyl (C=O) groups is 2. The van der Waals surface area contributed by atoms with Crippen LogP contribution in [0.5, 0.6) is 0 Å². The van der Waals surface area contributed by atoms with Gasteiger partial charge in [0.25, 0.3) is 0 Å². The van der Waals surface area contributed by atoms with Gasteiger partial charge in [0.2, 0.25) is 0 Å². The molecule has 0 atom stereocenters. The molecule has 0 radical (unpaired) electrons. The van der Waals surface area contributed by atoms with Gasteiger partial charge < -0.3 is 35.5 Å². The highest BCUT2D eigenvalue weighted by atomic mass is 31.2. The van der Waals surface area contributed by atoms with Crippen molar-refractivity contribution in [1.29, 1.82) is 0 Å². The van der Waals surface area contributed by atoms with E-state index in [4.69, 9.17) is 35.5 Å². The van der Waals surface area contributed by atoms with Gasteiger partial charge in [0.1, 0.15) is 0 Å². The quantitative estimate of drug-likeness (QED) is 0.288. The standard InChI is InChI=1S/C6H10O4.C3H11NO6P2/c1-6(2,5(9)10)3-4(7)8;4-2-1-3(11(5,6)7)12(8,9)10/h3H2,1-2H3,(H,7,8)(H,9,10);3H,1-2,4H2,(H2,5,6,7)(H2,8,9,10). The molecule has 0 aromatic carbocycles. The molecule has 0 aromatic heterocycles. The molecule has 0 aromatic rings. The summed E-state index contributed by atoms with van der Waals surface area (Å²) in [5.41, 5.74) is 3.78. The van der Waals surface area contributed by atoms with Crippen LogP contribution >= 0.6 is 15.2 Å². The molecule has 0 amide bonds. The van der Waals surface area contributed by atoms with Gasteiger partial charge in [-0.3, -0.25) is 18.7 Å². The smallest absolute Gasteiger partial charge is 0.340 e. The Morgan fingerprint density at radius 3 is 1.50 bits per heavy atom. The summed E-state index contributed by atoms with van der Waals surface area (Å²) in [5, 5.41) is 14.7. The maximum Gasteiger partial charge on any atom is 0.340 e. The van der Waals surface area contributed by atoms with Crippen molar-refractivity contribution in [2.75, 3.05) is 6.54 Å². The molecule has 132 valence electrons. The fourth-order valence-electron chi connectivity index (χ4n) is 1.14. The van der Waals surface area contributed by atoms with Crippen molar-refractivity contribution in [2.45, 2.75) is 32.1 Å². The summed E-state index contributed by atoms with van der Waals surface area (Å²) in [5.74, 6) is -2.18. The molecule has 0 rings (SSSR count). The Labute approximate surface area is 126 Å². The van der Waals surface area contributed by atoms with Gasteiger partial charge in [0.05, 0.1) is 11.8 Å². The number of carboxylic acids is 2. The Hall–Kier alpha value is -0.800. The molecule has 0 saturated heterocycles. The summed E-state index contributed by atoms with van der Waals surface area (Å²) in [6.07, 6.45) is -0.739. The van der Waals surface area contributed by atoms with Crippen LogP contribution in [-0.2, 0) is 18.7 Å². The van der Waals surface area contributed by atoms with Gasteiger partial charge in [-0.25, -0.2) is 0 Å². The zero-order valence-electron chi connectivity index (χ0n) is 12.0. The van der Waals surface area contributed by atoms with E-state index in [0.29, 0.717) is 0 Å². The van der Waals surface area contributed by atoms with E-state index < -0.39 is 44.4 Å². The number of rotatable bonds is 7. The molecule has 0 saturated carbocycles. The van der Waals surface area contributed by atoms with Crippen LogP contribution in [0.4, 0.5) is 0 Å². The maximum atomic E-state index is 10.5. The molecule has 0 aliphatic carbocycles. The number of carboxylic acid groups (broad SMARTS) is 2. The average Bonchev–Trinajstić information content (AvgIpc) is 2.21. The highest BCUT2D eigenvalue weighted by molar-refractivity contribution is 7.70. The maximum absolute atomic E-state index is 10.5. The van der Waals surface area contributed by atoms with Crippen LogP contribution in [0.1, 0.15) is 26.7 Å². The second kappa shape index (κ2) is 8.73. The molecule has 0 heterocycles. The molecule has 0 bridgehead atoms. The predicted octanol–water partition coefficient (Wildman–Crippen LogP) is -0.411. The van der Waals surface area contributed by atoms with E-state index in [1.54, 1.807) is 0 Å². The molecule has 22 heavy (non-hydrogen) atoms. The normalized spacial score (nSPS) is 12.5. The van der Waals surface area contributed by atoms with Crippen molar-refractivity contribution in [2.24, 2.45) is 11.1 Å². The van der Waals surface area contributed by atoms with Crippen molar-refractivity contribution in [3.8, 4) is 0 Å². The van der Waals surface area contributed by atoms with Crippen LogP contribution < -0.4 is 5.73 Å². The highest BCUT2D eigenvalue weighted by Crippen LogP contribution is 2.60. The lowest BCUT2D eigenvalue weighted by Crippen LogP contribution is -2.26. The summed E-state index contributed by atoms with van der Waals surface area (Å²) < 4.78 is 21.0. The molecule has 0 aliphatic heterocycles. The van der Waals surface area contributed by atoms with Crippen molar-refractivity contribution in [3.05, 3.63) is 0 Å². The Kier molecular flexibility index (Phi) is 9.32. The van der Waals surface area contributed by atoms with Crippen LogP contribution in [0.3, 0.4) is 0 Å². The second-order valence-electron chi connectivity index (χ2n) is 5.00. The lowest BCUT2D eigenvalue weighted by atomic mass is 9.90. The minimum Gasteiger partial charge on any atom is -0.481 e. The molecule has 0 unspecified atom stereocenters. The summed E-state index contributed by atoms with van der Waals surface area (Å²) in [6.45, 7) is 2.58. The summed E-state index contributed by atoms with van der Waals surface area (Å²) in [7, 11) is -9.51. The zero-order chi connectivity index (χ0) is 18.4. The molecule has 0 spiro atoms. The number of aliphatic carboxylic acids is 2. The van der Waals surface area contributed by atoms with E-state index >= 15 is 0 Å². The Morgan fingerprint density at radius 1 is 1.05 bits per heavy atom. The fourth-order valence-corrected chi connectivity index (χ4v) is 3.67. The Balaban J connectivity index is 0. The van der Waals surface area contributed by atoms with Gasteiger partial charge in [0.15, 0.2) is 5.40 Å².